The van der Waals surface area contributed by atoms with Gasteiger partial charge in [0.1, 0.15) is 11.6 Å². The Morgan fingerprint density at radius 3 is 2.63 bits per heavy atom. The van der Waals surface area contributed by atoms with Gasteiger partial charge in [0.15, 0.2) is 0 Å². The zero-order valence-corrected chi connectivity index (χ0v) is 12.0. The van der Waals surface area contributed by atoms with Crippen LogP contribution >= 0.6 is 27.5 Å². The van der Waals surface area contributed by atoms with E-state index in [2.05, 4.69) is 15.9 Å². The second-order valence-corrected chi connectivity index (χ2v) is 5.39. The lowest BCUT2D eigenvalue weighted by atomic mass is 10.0. The first kappa shape index (κ1) is 14.4. The van der Waals surface area contributed by atoms with Crippen LogP contribution in [0.25, 0.3) is 0 Å². The van der Waals surface area contributed by atoms with Gasteiger partial charge in [-0.15, -0.1) is 0 Å². The molecule has 0 amide bonds. The summed E-state index contributed by atoms with van der Waals surface area (Å²) in [4.78, 5) is 0. The Balaban J connectivity index is 2.29. The summed E-state index contributed by atoms with van der Waals surface area (Å²) in [5, 5.41) is 10.5. The number of rotatable bonds is 3. The predicted molar refractivity (Wildman–Crippen MR) is 74.2 cm³/mol. The summed E-state index contributed by atoms with van der Waals surface area (Å²) in [5.74, 6) is -1.37. The molecule has 2 aromatic rings. The van der Waals surface area contributed by atoms with Gasteiger partial charge in [-0.3, -0.25) is 0 Å². The van der Waals surface area contributed by atoms with Crippen molar-refractivity contribution in [1.29, 1.82) is 0 Å². The Kier molecular flexibility index (Phi) is 4.55. The van der Waals surface area contributed by atoms with Crippen LogP contribution in [-0.4, -0.2) is 5.11 Å². The van der Waals surface area contributed by atoms with Crippen LogP contribution in [0.5, 0.6) is 0 Å². The zero-order valence-electron chi connectivity index (χ0n) is 9.71. The van der Waals surface area contributed by atoms with Crippen LogP contribution in [0, 0.1) is 11.6 Å². The summed E-state index contributed by atoms with van der Waals surface area (Å²) in [6.45, 7) is 0. The molecule has 2 rings (SSSR count). The number of hydrogen-bond acceptors (Lipinski definition) is 1. The summed E-state index contributed by atoms with van der Waals surface area (Å²) in [6.07, 6.45) is -1.17. The molecule has 0 aliphatic heterocycles. The minimum absolute atomic E-state index is 0.151. The Bertz CT molecular complexity index is 604. The SMILES string of the molecule is OC(Cc1c(F)ccc(Br)c1F)c1cccc(Cl)c1. The topological polar surface area (TPSA) is 20.2 Å². The molecule has 0 heterocycles. The van der Waals surface area contributed by atoms with Gasteiger partial charge in [0, 0.05) is 17.0 Å². The van der Waals surface area contributed by atoms with E-state index in [1.54, 1.807) is 24.3 Å². The van der Waals surface area contributed by atoms with Crippen molar-refractivity contribution in [1.82, 2.24) is 0 Å². The lowest BCUT2D eigenvalue weighted by Gasteiger charge is -2.13. The smallest absolute Gasteiger partial charge is 0.143 e. The molecule has 0 radical (unpaired) electrons. The van der Waals surface area contributed by atoms with Crippen molar-refractivity contribution in [2.24, 2.45) is 0 Å². The average molecular weight is 348 g/mol. The van der Waals surface area contributed by atoms with Crippen molar-refractivity contribution >= 4 is 27.5 Å². The van der Waals surface area contributed by atoms with Crippen molar-refractivity contribution in [2.75, 3.05) is 0 Å². The molecule has 5 heteroatoms. The molecule has 0 aliphatic carbocycles. The fraction of sp³-hybridized carbons (Fsp3) is 0.143. The first-order valence-corrected chi connectivity index (χ1v) is 6.72. The fourth-order valence-electron chi connectivity index (χ4n) is 1.78. The quantitative estimate of drug-likeness (QED) is 0.801. The normalized spacial score (nSPS) is 12.5. The molecule has 100 valence electrons. The molecule has 0 aromatic heterocycles. The van der Waals surface area contributed by atoms with Crippen molar-refractivity contribution in [3.8, 4) is 0 Å². The molecule has 0 aliphatic rings. The zero-order chi connectivity index (χ0) is 14.0. The van der Waals surface area contributed by atoms with Crippen molar-refractivity contribution in [3.05, 3.63) is 68.7 Å². The monoisotopic (exact) mass is 346 g/mol. The van der Waals surface area contributed by atoms with Gasteiger partial charge in [0.25, 0.3) is 0 Å². The van der Waals surface area contributed by atoms with Gasteiger partial charge in [-0.1, -0.05) is 23.7 Å². The summed E-state index contributed by atoms with van der Waals surface area (Å²) >= 11 is 8.81. The molecule has 1 atom stereocenters. The Hall–Kier alpha value is -0.970. The first-order chi connectivity index (χ1) is 8.99. The molecule has 0 bridgehead atoms. The summed E-state index contributed by atoms with van der Waals surface area (Å²) < 4.78 is 27.6. The van der Waals surface area contributed by atoms with Gasteiger partial charge in [0.05, 0.1) is 10.6 Å². The largest absolute Gasteiger partial charge is 0.388 e. The van der Waals surface area contributed by atoms with Crippen LogP contribution in [0.3, 0.4) is 0 Å². The Morgan fingerprint density at radius 1 is 1.21 bits per heavy atom. The Morgan fingerprint density at radius 2 is 1.95 bits per heavy atom. The van der Waals surface area contributed by atoms with E-state index in [1.807, 2.05) is 0 Å². The molecular weight excluding hydrogens is 338 g/mol. The Labute approximate surface area is 123 Å². The molecule has 1 unspecified atom stereocenters. The van der Waals surface area contributed by atoms with Gasteiger partial charge < -0.3 is 5.11 Å². The highest BCUT2D eigenvalue weighted by Crippen LogP contribution is 2.27. The standard InChI is InChI=1S/C14H10BrClF2O/c15-11-4-5-12(17)10(14(11)18)7-13(19)8-2-1-3-9(16)6-8/h1-6,13,19H,7H2. The highest BCUT2D eigenvalue weighted by atomic mass is 79.9. The van der Waals surface area contributed by atoms with E-state index >= 15 is 0 Å². The number of aliphatic hydroxyl groups excluding tert-OH is 1. The second-order valence-electron chi connectivity index (χ2n) is 4.10. The molecule has 0 spiro atoms. The van der Waals surface area contributed by atoms with Crippen molar-refractivity contribution in [3.63, 3.8) is 0 Å². The maximum Gasteiger partial charge on any atom is 0.143 e. The third-order valence-corrected chi connectivity index (χ3v) is 3.62. The van der Waals surface area contributed by atoms with E-state index in [0.717, 1.165) is 6.07 Å². The van der Waals surface area contributed by atoms with Gasteiger partial charge >= 0.3 is 0 Å². The second kappa shape index (κ2) is 5.99. The average Bonchev–Trinajstić information content (AvgIpc) is 2.39. The van der Waals surface area contributed by atoms with Crippen molar-refractivity contribution in [2.45, 2.75) is 12.5 Å². The third-order valence-electron chi connectivity index (χ3n) is 2.77. The fourth-order valence-corrected chi connectivity index (χ4v) is 2.35. The van der Waals surface area contributed by atoms with E-state index in [-0.39, 0.29) is 16.5 Å². The van der Waals surface area contributed by atoms with E-state index in [9.17, 15) is 13.9 Å². The van der Waals surface area contributed by atoms with Crippen LogP contribution in [0.4, 0.5) is 8.78 Å². The van der Waals surface area contributed by atoms with Gasteiger partial charge in [-0.05, 0) is 45.8 Å². The minimum atomic E-state index is -1.02. The van der Waals surface area contributed by atoms with E-state index in [1.165, 1.54) is 6.07 Å². The highest BCUT2D eigenvalue weighted by Gasteiger charge is 2.17. The van der Waals surface area contributed by atoms with Gasteiger partial charge in [-0.25, -0.2) is 8.78 Å². The van der Waals surface area contributed by atoms with E-state index < -0.39 is 17.7 Å². The number of hydrogen-bond donors (Lipinski definition) is 1. The van der Waals surface area contributed by atoms with Crippen LogP contribution in [0.2, 0.25) is 5.02 Å². The molecule has 0 saturated heterocycles. The van der Waals surface area contributed by atoms with Crippen LogP contribution in [-0.2, 0) is 6.42 Å². The molecule has 19 heavy (non-hydrogen) atoms. The molecule has 1 N–H and O–H groups in total. The van der Waals surface area contributed by atoms with Crippen LogP contribution in [0.1, 0.15) is 17.2 Å². The van der Waals surface area contributed by atoms with E-state index in [4.69, 9.17) is 11.6 Å². The minimum Gasteiger partial charge on any atom is -0.388 e. The summed E-state index contributed by atoms with van der Waals surface area (Å²) in [6, 6.07) is 9.02. The lowest BCUT2D eigenvalue weighted by Crippen LogP contribution is -2.06. The molecule has 0 saturated carbocycles. The summed E-state index contributed by atoms with van der Waals surface area (Å²) in [5.41, 5.74) is 0.369. The molecule has 2 aromatic carbocycles. The number of halogens is 4. The number of aliphatic hydroxyl groups is 1. The van der Waals surface area contributed by atoms with Gasteiger partial charge in [0.2, 0.25) is 0 Å². The summed E-state index contributed by atoms with van der Waals surface area (Å²) in [7, 11) is 0. The molecular formula is C14H10BrClF2O. The highest BCUT2D eigenvalue weighted by molar-refractivity contribution is 9.10. The van der Waals surface area contributed by atoms with Crippen molar-refractivity contribution < 1.29 is 13.9 Å². The predicted octanol–water partition coefficient (Wildman–Crippen LogP) is 4.66. The molecule has 0 fully saturated rings. The van der Waals surface area contributed by atoms with Gasteiger partial charge in [-0.2, -0.15) is 0 Å². The van der Waals surface area contributed by atoms with Crippen LogP contribution in [0.15, 0.2) is 40.9 Å². The first-order valence-electron chi connectivity index (χ1n) is 5.55. The number of benzene rings is 2. The van der Waals surface area contributed by atoms with E-state index in [0.29, 0.717) is 10.6 Å². The maximum atomic E-state index is 13.8. The van der Waals surface area contributed by atoms with Crippen LogP contribution < -0.4 is 0 Å². The maximum absolute atomic E-state index is 13.8. The third kappa shape index (κ3) is 3.32. The lowest BCUT2D eigenvalue weighted by molar-refractivity contribution is 0.175. The molecule has 1 nitrogen and oxygen atoms in total.